The molecule has 0 N–H and O–H groups in total. The summed E-state index contributed by atoms with van der Waals surface area (Å²) >= 11 is 1.41. The normalized spacial score (nSPS) is 25.6. The molecule has 1 saturated carbocycles. The van der Waals surface area contributed by atoms with Crippen LogP contribution in [0.2, 0.25) is 0 Å². The average Bonchev–Trinajstić information content (AvgIpc) is 2.85. The van der Waals surface area contributed by atoms with Crippen molar-refractivity contribution in [2.45, 2.75) is 35.7 Å². The molecule has 7 heteroatoms. The van der Waals surface area contributed by atoms with Gasteiger partial charge in [-0.25, -0.2) is 4.68 Å². The van der Waals surface area contributed by atoms with Gasteiger partial charge in [0.05, 0.1) is 12.6 Å². The minimum absolute atomic E-state index is 0.131. The molecule has 2 fully saturated rings. The van der Waals surface area contributed by atoms with Crippen LogP contribution in [0, 0.1) is 0 Å². The molecule has 1 aromatic rings. The van der Waals surface area contributed by atoms with E-state index in [1.54, 1.807) is 0 Å². The number of tetrazole rings is 1. The zero-order valence-corrected chi connectivity index (χ0v) is 8.81. The largest absolute Gasteiger partial charge is 0.465 e. The first-order chi connectivity index (χ1) is 7.34. The summed E-state index contributed by atoms with van der Waals surface area (Å²) in [6.07, 6.45) is 3.02. The number of hydrogen-bond donors (Lipinski definition) is 0. The third-order valence-electron chi connectivity index (χ3n) is 2.49. The number of carbonyl (C=O) groups is 1. The fourth-order valence-corrected chi connectivity index (χ4v) is 2.53. The maximum Gasteiger partial charge on any atom is 0.319 e. The number of hydrogen-bond acceptors (Lipinski definition) is 6. The Morgan fingerprint density at radius 2 is 2.27 bits per heavy atom. The van der Waals surface area contributed by atoms with Crippen LogP contribution in [0.15, 0.2) is 5.16 Å². The van der Waals surface area contributed by atoms with Crippen molar-refractivity contribution in [1.29, 1.82) is 0 Å². The first kappa shape index (κ1) is 9.14. The second-order valence-corrected chi connectivity index (χ2v) is 4.87. The van der Waals surface area contributed by atoms with Gasteiger partial charge in [-0.3, -0.25) is 4.79 Å². The molecule has 6 nitrogen and oxygen atoms in total. The van der Waals surface area contributed by atoms with E-state index in [9.17, 15) is 4.79 Å². The number of cyclic esters (lactones) is 1. The molecule has 0 bridgehead atoms. The smallest absolute Gasteiger partial charge is 0.319 e. The molecular formula is C8H10N4O2S. The molecule has 1 aromatic heterocycles. The summed E-state index contributed by atoms with van der Waals surface area (Å²) in [7, 11) is 0. The third kappa shape index (κ3) is 1.71. The molecule has 2 aliphatic rings. The summed E-state index contributed by atoms with van der Waals surface area (Å²) in [6.45, 7) is 0.515. The van der Waals surface area contributed by atoms with E-state index < -0.39 is 0 Å². The van der Waals surface area contributed by atoms with E-state index in [0.717, 1.165) is 24.4 Å². The number of aromatic nitrogens is 4. The van der Waals surface area contributed by atoms with Crippen molar-refractivity contribution in [3.8, 4) is 0 Å². The van der Waals surface area contributed by atoms with Crippen LogP contribution in [0.1, 0.15) is 25.3 Å². The fraction of sp³-hybridized carbons (Fsp3) is 0.750. The van der Waals surface area contributed by atoms with Gasteiger partial charge in [-0.2, -0.15) is 0 Å². The molecule has 0 radical (unpaired) electrons. The van der Waals surface area contributed by atoms with Crippen molar-refractivity contribution in [1.82, 2.24) is 20.2 Å². The lowest BCUT2D eigenvalue weighted by Crippen LogP contribution is -2.11. The lowest BCUT2D eigenvalue weighted by atomic mass is 10.4. The van der Waals surface area contributed by atoms with Gasteiger partial charge in [0.25, 0.3) is 0 Å². The van der Waals surface area contributed by atoms with Gasteiger partial charge in [-0.05, 0) is 23.3 Å². The van der Waals surface area contributed by atoms with E-state index in [1.807, 2.05) is 4.68 Å². The van der Waals surface area contributed by atoms with Crippen LogP contribution in [-0.2, 0) is 9.53 Å². The molecule has 0 spiro atoms. The van der Waals surface area contributed by atoms with Gasteiger partial charge in [0.15, 0.2) is 0 Å². The summed E-state index contributed by atoms with van der Waals surface area (Å²) in [5, 5.41) is 12.1. The number of thioether (sulfide) groups is 1. The Morgan fingerprint density at radius 1 is 1.40 bits per heavy atom. The lowest BCUT2D eigenvalue weighted by molar-refractivity contribution is -0.137. The fourth-order valence-electron chi connectivity index (χ4n) is 1.52. The Balaban J connectivity index is 1.75. The van der Waals surface area contributed by atoms with Crippen LogP contribution >= 0.6 is 11.8 Å². The number of ether oxygens (including phenoxy) is 1. The number of rotatable bonds is 3. The Morgan fingerprint density at radius 3 is 2.93 bits per heavy atom. The molecule has 1 saturated heterocycles. The monoisotopic (exact) mass is 226 g/mol. The zero-order valence-electron chi connectivity index (χ0n) is 8.00. The van der Waals surface area contributed by atoms with Crippen molar-refractivity contribution >= 4 is 17.7 Å². The first-order valence-electron chi connectivity index (χ1n) is 4.96. The van der Waals surface area contributed by atoms with E-state index >= 15 is 0 Å². The maximum atomic E-state index is 11.3. The predicted molar refractivity (Wildman–Crippen MR) is 51.3 cm³/mol. The molecule has 1 aliphatic carbocycles. The molecule has 2 heterocycles. The standard InChI is InChI=1S/C8H10N4O2S/c13-7-6(3-4-14-7)15-8-9-10-11-12(8)5-1-2-5/h5-6H,1-4H2/t6-/m0/s1. The van der Waals surface area contributed by atoms with E-state index in [0.29, 0.717) is 12.6 Å². The predicted octanol–water partition coefficient (Wildman–Crippen LogP) is 0.416. The summed E-state index contributed by atoms with van der Waals surface area (Å²) in [5.41, 5.74) is 0. The highest BCUT2D eigenvalue weighted by molar-refractivity contribution is 8.00. The van der Waals surface area contributed by atoms with Gasteiger partial charge in [0.2, 0.25) is 5.16 Å². The third-order valence-corrected chi connectivity index (χ3v) is 3.68. The van der Waals surface area contributed by atoms with Crippen molar-refractivity contribution in [3.05, 3.63) is 0 Å². The topological polar surface area (TPSA) is 69.9 Å². The van der Waals surface area contributed by atoms with Crippen LogP contribution in [0.4, 0.5) is 0 Å². The summed E-state index contributed by atoms with van der Waals surface area (Å²) in [6, 6.07) is 0.444. The molecule has 0 aromatic carbocycles. The molecule has 80 valence electrons. The molecule has 1 atom stereocenters. The minimum Gasteiger partial charge on any atom is -0.465 e. The van der Waals surface area contributed by atoms with Crippen molar-refractivity contribution < 1.29 is 9.53 Å². The Hall–Kier alpha value is -1.11. The van der Waals surface area contributed by atoms with E-state index in [-0.39, 0.29) is 11.2 Å². The van der Waals surface area contributed by atoms with E-state index in [4.69, 9.17) is 4.74 Å². The van der Waals surface area contributed by atoms with Crippen LogP contribution in [0.3, 0.4) is 0 Å². The second-order valence-electron chi connectivity index (χ2n) is 3.70. The molecular weight excluding hydrogens is 216 g/mol. The second kappa shape index (κ2) is 3.48. The van der Waals surface area contributed by atoms with Crippen LogP contribution in [-0.4, -0.2) is 38.0 Å². The van der Waals surface area contributed by atoms with Crippen LogP contribution in [0.25, 0.3) is 0 Å². The summed E-state index contributed by atoms with van der Waals surface area (Å²) in [4.78, 5) is 11.3. The molecule has 0 amide bonds. The highest BCUT2D eigenvalue weighted by Gasteiger charge is 2.33. The van der Waals surface area contributed by atoms with Crippen molar-refractivity contribution in [3.63, 3.8) is 0 Å². The highest BCUT2D eigenvalue weighted by Crippen LogP contribution is 2.38. The molecule has 0 unspecified atom stereocenters. The van der Waals surface area contributed by atoms with Crippen LogP contribution in [0.5, 0.6) is 0 Å². The van der Waals surface area contributed by atoms with Gasteiger partial charge < -0.3 is 4.74 Å². The first-order valence-corrected chi connectivity index (χ1v) is 5.84. The van der Waals surface area contributed by atoms with Crippen molar-refractivity contribution in [2.75, 3.05) is 6.61 Å². The Bertz CT molecular complexity index is 390. The van der Waals surface area contributed by atoms with Crippen LogP contribution < -0.4 is 0 Å². The van der Waals surface area contributed by atoms with Gasteiger partial charge in [0, 0.05) is 6.42 Å². The molecule has 1 aliphatic heterocycles. The maximum absolute atomic E-state index is 11.3. The Labute approximate surface area is 90.4 Å². The number of nitrogens with zero attached hydrogens (tertiary/aromatic N) is 4. The van der Waals surface area contributed by atoms with Crippen molar-refractivity contribution in [2.24, 2.45) is 0 Å². The van der Waals surface area contributed by atoms with E-state index in [2.05, 4.69) is 15.5 Å². The quantitative estimate of drug-likeness (QED) is 0.695. The minimum atomic E-state index is -0.148. The van der Waals surface area contributed by atoms with E-state index in [1.165, 1.54) is 11.8 Å². The zero-order chi connectivity index (χ0) is 10.3. The average molecular weight is 226 g/mol. The SMILES string of the molecule is O=C1OCC[C@@H]1Sc1nnnn1C1CC1. The summed E-state index contributed by atoms with van der Waals surface area (Å²) < 4.78 is 6.71. The van der Waals surface area contributed by atoms with Gasteiger partial charge in [0.1, 0.15) is 5.25 Å². The van der Waals surface area contributed by atoms with Gasteiger partial charge >= 0.3 is 5.97 Å². The lowest BCUT2D eigenvalue weighted by Gasteiger charge is -2.04. The molecule has 3 rings (SSSR count). The number of esters is 1. The Kier molecular flexibility index (Phi) is 2.12. The molecule has 15 heavy (non-hydrogen) atoms. The van der Waals surface area contributed by atoms with Gasteiger partial charge in [-0.15, -0.1) is 5.10 Å². The van der Waals surface area contributed by atoms with Gasteiger partial charge in [-0.1, -0.05) is 11.8 Å². The number of carbonyl (C=O) groups excluding carboxylic acids is 1. The highest BCUT2D eigenvalue weighted by atomic mass is 32.2. The summed E-state index contributed by atoms with van der Waals surface area (Å²) in [5.74, 6) is -0.148.